The zero-order chi connectivity index (χ0) is 22.2. The number of fused-ring (bicyclic) bond motifs is 2. The van der Waals surface area contributed by atoms with Crippen molar-refractivity contribution in [3.8, 4) is 0 Å². The number of amides is 1. The molecule has 0 saturated heterocycles. The number of aromatic nitrogens is 1. The van der Waals surface area contributed by atoms with E-state index < -0.39 is 11.7 Å². The van der Waals surface area contributed by atoms with E-state index in [2.05, 4.69) is 90.7 Å². The quantitative estimate of drug-likeness (QED) is 0.379. The van der Waals surface area contributed by atoms with Gasteiger partial charge in [-0.15, -0.1) is 0 Å². The number of alkyl carbamates (subject to hydrolysis) is 1. The van der Waals surface area contributed by atoms with Crippen LogP contribution in [0.5, 0.6) is 0 Å². The first-order valence-electron chi connectivity index (χ1n) is 10.2. The van der Waals surface area contributed by atoms with Gasteiger partial charge in [0.2, 0.25) is 0 Å². The fourth-order valence-corrected chi connectivity index (χ4v) is 4.67. The van der Waals surface area contributed by atoms with Crippen LogP contribution in [0.15, 0.2) is 63.7 Å². The molecular weight excluding hydrogens is 520 g/mol. The van der Waals surface area contributed by atoms with Gasteiger partial charge < -0.3 is 10.1 Å². The molecule has 1 aliphatic rings. The highest BCUT2D eigenvalue weighted by Gasteiger charge is 2.31. The molecule has 2 atom stereocenters. The van der Waals surface area contributed by atoms with Gasteiger partial charge in [0.25, 0.3) is 0 Å². The smallest absolute Gasteiger partial charge is 0.408 e. The van der Waals surface area contributed by atoms with Gasteiger partial charge in [0, 0.05) is 26.4 Å². The van der Waals surface area contributed by atoms with Crippen LogP contribution in [0.25, 0.3) is 17.0 Å². The average molecular weight is 544 g/mol. The van der Waals surface area contributed by atoms with E-state index >= 15 is 0 Å². The Balaban J connectivity index is 1.71. The van der Waals surface area contributed by atoms with Gasteiger partial charge in [-0.25, -0.2) is 4.79 Å². The zero-order valence-corrected chi connectivity index (χ0v) is 20.8. The van der Waals surface area contributed by atoms with Crippen molar-refractivity contribution in [2.45, 2.75) is 38.8 Å². The molecule has 0 aliphatic heterocycles. The van der Waals surface area contributed by atoms with Crippen molar-refractivity contribution in [1.82, 2.24) is 10.3 Å². The summed E-state index contributed by atoms with van der Waals surface area (Å²) in [5.74, 6) is 0.0562. The summed E-state index contributed by atoms with van der Waals surface area (Å²) in [6.45, 7) is 5.61. The fraction of sp³-hybridized carbons (Fsp3) is 0.280. The molecule has 0 saturated carbocycles. The molecule has 160 valence electrons. The maximum absolute atomic E-state index is 12.7. The van der Waals surface area contributed by atoms with Gasteiger partial charge in [-0.1, -0.05) is 36.4 Å². The third-order valence-electron chi connectivity index (χ3n) is 5.26. The number of hydrogen-bond acceptors (Lipinski definition) is 3. The van der Waals surface area contributed by atoms with E-state index in [9.17, 15) is 4.79 Å². The second-order valence-electron chi connectivity index (χ2n) is 8.74. The molecule has 3 aromatic rings. The normalized spacial score (nSPS) is 18.0. The molecule has 0 bridgehead atoms. The predicted molar refractivity (Wildman–Crippen MR) is 132 cm³/mol. The van der Waals surface area contributed by atoms with Gasteiger partial charge in [-0.2, -0.15) is 0 Å². The molecule has 31 heavy (non-hydrogen) atoms. The van der Waals surface area contributed by atoms with Crippen LogP contribution in [0.3, 0.4) is 0 Å². The Morgan fingerprint density at radius 3 is 2.65 bits per heavy atom. The predicted octanol–water partition coefficient (Wildman–Crippen LogP) is 7.21. The summed E-state index contributed by atoms with van der Waals surface area (Å²) < 4.78 is 7.49. The lowest BCUT2D eigenvalue weighted by molar-refractivity contribution is 0.0490. The van der Waals surface area contributed by atoms with E-state index in [4.69, 9.17) is 4.74 Å². The number of halogens is 2. The Kier molecular flexibility index (Phi) is 6.22. The van der Waals surface area contributed by atoms with E-state index in [1.54, 1.807) is 0 Å². The number of hydrogen-bond donors (Lipinski definition) is 1. The lowest BCUT2D eigenvalue weighted by Crippen LogP contribution is -2.39. The van der Waals surface area contributed by atoms with Crippen molar-refractivity contribution < 1.29 is 9.53 Å². The first-order valence-corrected chi connectivity index (χ1v) is 11.8. The van der Waals surface area contributed by atoms with Gasteiger partial charge >= 0.3 is 6.09 Å². The third kappa shape index (κ3) is 5.01. The largest absolute Gasteiger partial charge is 0.444 e. The van der Waals surface area contributed by atoms with Gasteiger partial charge in [-0.05, 0) is 93.9 Å². The molecule has 1 N–H and O–H groups in total. The summed E-state index contributed by atoms with van der Waals surface area (Å²) in [5.41, 5.74) is 3.72. The number of nitrogens with zero attached hydrogens (tertiary/aromatic N) is 1. The molecule has 1 heterocycles. The van der Waals surface area contributed by atoms with Gasteiger partial charge in [-0.3, -0.25) is 4.98 Å². The summed E-state index contributed by atoms with van der Waals surface area (Å²) in [5, 5.41) is 4.24. The van der Waals surface area contributed by atoms with Crippen molar-refractivity contribution in [2.75, 3.05) is 0 Å². The Morgan fingerprint density at radius 2 is 1.87 bits per heavy atom. The highest BCUT2D eigenvalue weighted by molar-refractivity contribution is 9.13. The van der Waals surface area contributed by atoms with Crippen molar-refractivity contribution >= 4 is 54.9 Å². The summed E-state index contributed by atoms with van der Waals surface area (Å²) in [7, 11) is 0. The van der Waals surface area contributed by atoms with E-state index in [1.807, 2.05) is 33.0 Å². The number of nitrogens with one attached hydrogen (secondary N) is 1. The topological polar surface area (TPSA) is 51.2 Å². The molecule has 4 rings (SSSR count). The third-order valence-corrected chi connectivity index (χ3v) is 7.10. The minimum absolute atomic E-state index is 0.0562. The van der Waals surface area contributed by atoms with Crippen LogP contribution in [-0.4, -0.2) is 16.7 Å². The van der Waals surface area contributed by atoms with Crippen LogP contribution in [0.2, 0.25) is 0 Å². The van der Waals surface area contributed by atoms with Gasteiger partial charge in [0.1, 0.15) is 5.60 Å². The number of carbonyl (C=O) groups is 1. The molecular formula is C25H24Br2N2O2. The summed E-state index contributed by atoms with van der Waals surface area (Å²) in [4.78, 5) is 17.3. The lowest BCUT2D eigenvalue weighted by atomic mass is 9.81. The number of rotatable bonds is 3. The highest BCUT2D eigenvalue weighted by atomic mass is 79.9. The first-order chi connectivity index (χ1) is 14.7. The zero-order valence-electron chi connectivity index (χ0n) is 17.7. The van der Waals surface area contributed by atoms with E-state index in [0.29, 0.717) is 0 Å². The summed E-state index contributed by atoms with van der Waals surface area (Å²) in [6.07, 6.45) is 6.45. The van der Waals surface area contributed by atoms with Crippen molar-refractivity contribution in [3.05, 3.63) is 80.4 Å². The molecule has 2 aromatic carbocycles. The molecule has 4 nitrogen and oxygen atoms in total. The molecule has 0 fully saturated rings. The molecule has 0 radical (unpaired) electrons. The number of ether oxygens (including phenoxy) is 1. The Morgan fingerprint density at radius 1 is 1.13 bits per heavy atom. The molecule has 0 spiro atoms. The van der Waals surface area contributed by atoms with Gasteiger partial charge in [0.05, 0.1) is 11.6 Å². The van der Waals surface area contributed by atoms with Crippen LogP contribution in [0.1, 0.15) is 43.5 Å². The standard InChI is InChI=1S/C25H24Br2N2O2/c1-25(2,3)31-24(30)29-23-18(10-9-16-13-20(26)21(27)14-19(16)23)12-17-7-4-6-15-8-5-11-28-22(15)17/h4-11,13-14,18,23H,12H2,1-3H3,(H,29,30)/t18-,23+/m1/s1. The molecule has 1 aliphatic carbocycles. The van der Waals surface area contributed by atoms with Crippen LogP contribution < -0.4 is 5.32 Å². The maximum atomic E-state index is 12.7. The average Bonchev–Trinajstić information content (AvgIpc) is 2.70. The minimum atomic E-state index is -0.563. The first kappa shape index (κ1) is 22.0. The Labute approximate surface area is 199 Å². The number of pyridine rings is 1. The highest BCUT2D eigenvalue weighted by Crippen LogP contribution is 2.39. The fourth-order valence-electron chi connectivity index (χ4n) is 3.95. The lowest BCUT2D eigenvalue weighted by Gasteiger charge is -2.32. The van der Waals surface area contributed by atoms with Crippen LogP contribution in [0.4, 0.5) is 4.79 Å². The second kappa shape index (κ2) is 8.75. The van der Waals surface area contributed by atoms with Crippen LogP contribution in [0, 0.1) is 5.92 Å². The van der Waals surface area contributed by atoms with Crippen LogP contribution >= 0.6 is 31.9 Å². The minimum Gasteiger partial charge on any atom is -0.444 e. The SMILES string of the molecule is CC(C)(C)OC(=O)N[C@@H]1c2cc(Br)c(Br)cc2C=C[C@@H]1Cc1cccc2cccnc12. The van der Waals surface area contributed by atoms with E-state index in [1.165, 1.54) is 0 Å². The van der Waals surface area contributed by atoms with E-state index in [0.717, 1.165) is 43.0 Å². The van der Waals surface area contributed by atoms with Crippen molar-refractivity contribution in [1.29, 1.82) is 0 Å². The number of para-hydroxylation sites is 1. The van der Waals surface area contributed by atoms with E-state index in [-0.39, 0.29) is 12.0 Å². The molecule has 0 unspecified atom stereocenters. The van der Waals surface area contributed by atoms with Crippen molar-refractivity contribution in [2.24, 2.45) is 5.92 Å². The monoisotopic (exact) mass is 542 g/mol. The summed E-state index contributed by atoms with van der Waals surface area (Å²) in [6, 6.07) is 14.2. The Hall–Kier alpha value is -2.18. The van der Waals surface area contributed by atoms with Crippen molar-refractivity contribution in [3.63, 3.8) is 0 Å². The number of carbonyl (C=O) groups excluding carboxylic acids is 1. The number of benzene rings is 2. The molecule has 1 amide bonds. The Bertz CT molecular complexity index is 1160. The van der Waals surface area contributed by atoms with Gasteiger partial charge in [0.15, 0.2) is 0 Å². The maximum Gasteiger partial charge on any atom is 0.408 e. The second-order valence-corrected chi connectivity index (χ2v) is 10.4. The molecule has 1 aromatic heterocycles. The molecule has 6 heteroatoms. The van der Waals surface area contributed by atoms with Crippen LogP contribution in [-0.2, 0) is 11.2 Å². The summed E-state index contributed by atoms with van der Waals surface area (Å²) >= 11 is 7.19.